The Morgan fingerprint density at radius 2 is 1.79 bits per heavy atom. The highest BCUT2D eigenvalue weighted by atomic mass is 19.0. The molecule has 1 rings (SSSR count). The number of benzene rings is 1. The van der Waals surface area contributed by atoms with E-state index in [1.807, 2.05) is 0 Å². The predicted molar refractivity (Wildman–Crippen MR) is 48.9 cm³/mol. The number of aliphatic carboxylic acids is 1. The van der Waals surface area contributed by atoms with Gasteiger partial charge in [0.2, 0.25) is 0 Å². The molecule has 14 heavy (non-hydrogen) atoms. The number of carboxylic acid groups (broad SMARTS) is 1. The minimum absolute atomic E-state index is 0. The van der Waals surface area contributed by atoms with Crippen LogP contribution >= 0.6 is 0 Å². The van der Waals surface area contributed by atoms with Gasteiger partial charge in [0.25, 0.3) is 5.91 Å². The van der Waals surface area contributed by atoms with Crippen molar-refractivity contribution in [2.75, 3.05) is 6.54 Å². The monoisotopic (exact) mass is 199 g/mol. The fourth-order valence-electron chi connectivity index (χ4n) is 0.847. The first-order valence-corrected chi connectivity index (χ1v) is 3.75. The molecule has 1 aromatic rings. The van der Waals surface area contributed by atoms with Gasteiger partial charge in [-0.2, -0.15) is 0 Å². The predicted octanol–water partition coefficient (Wildman–Crippen LogP) is 0.654. The Morgan fingerprint density at radius 3 is 2.29 bits per heavy atom. The second kappa shape index (κ2) is 5.69. The Bertz CT molecular complexity index is 313. The molecule has 5 heteroatoms. The van der Waals surface area contributed by atoms with E-state index in [0.29, 0.717) is 5.56 Å². The molecule has 2 N–H and O–H groups in total. The van der Waals surface area contributed by atoms with Crippen molar-refractivity contribution in [3.05, 3.63) is 35.9 Å². The van der Waals surface area contributed by atoms with E-state index >= 15 is 0 Å². The second-order valence-electron chi connectivity index (χ2n) is 2.44. The zero-order valence-electron chi connectivity index (χ0n) is 7.27. The van der Waals surface area contributed by atoms with Gasteiger partial charge in [0.1, 0.15) is 6.54 Å². The van der Waals surface area contributed by atoms with Gasteiger partial charge < -0.3 is 10.4 Å². The Balaban J connectivity index is 0.00000169. The first-order chi connectivity index (χ1) is 6.20. The van der Waals surface area contributed by atoms with Gasteiger partial charge in [0.05, 0.1) is 0 Å². The fourth-order valence-corrected chi connectivity index (χ4v) is 0.847. The zero-order chi connectivity index (χ0) is 9.68. The first kappa shape index (κ1) is 12.1. The summed E-state index contributed by atoms with van der Waals surface area (Å²) in [6.45, 7) is -0.353. The number of hydrogen-bond acceptors (Lipinski definition) is 2. The molecule has 0 fully saturated rings. The fraction of sp³-hybridized carbons (Fsp3) is 0.111. The van der Waals surface area contributed by atoms with Crippen LogP contribution in [0.2, 0.25) is 0 Å². The van der Waals surface area contributed by atoms with Gasteiger partial charge in [0.15, 0.2) is 0 Å². The lowest BCUT2D eigenvalue weighted by molar-refractivity contribution is -0.135. The maximum absolute atomic E-state index is 11.2. The van der Waals surface area contributed by atoms with Crippen LogP contribution in [0.5, 0.6) is 0 Å². The minimum atomic E-state index is -1.05. The Kier molecular flexibility index (Phi) is 4.91. The third kappa shape index (κ3) is 3.66. The number of amides is 1. The lowest BCUT2D eigenvalue weighted by Crippen LogP contribution is -2.29. The van der Waals surface area contributed by atoms with Crippen LogP contribution in [0.1, 0.15) is 10.4 Å². The van der Waals surface area contributed by atoms with E-state index < -0.39 is 5.97 Å². The molecule has 0 heterocycles. The third-order valence-electron chi connectivity index (χ3n) is 1.44. The van der Waals surface area contributed by atoms with Crippen LogP contribution in [-0.2, 0) is 4.79 Å². The maximum Gasteiger partial charge on any atom is 0.322 e. The van der Waals surface area contributed by atoms with Crippen LogP contribution in [-0.4, -0.2) is 23.5 Å². The quantitative estimate of drug-likeness (QED) is 0.751. The largest absolute Gasteiger partial charge is 0.480 e. The van der Waals surface area contributed by atoms with Crippen molar-refractivity contribution in [2.45, 2.75) is 0 Å². The molecule has 0 aromatic heterocycles. The first-order valence-electron chi connectivity index (χ1n) is 3.75. The number of carbonyl (C=O) groups excluding carboxylic acids is 1. The van der Waals surface area contributed by atoms with Gasteiger partial charge in [-0.3, -0.25) is 14.3 Å². The van der Waals surface area contributed by atoms with Gasteiger partial charge in [-0.05, 0) is 12.1 Å². The van der Waals surface area contributed by atoms with E-state index in [-0.39, 0.29) is 17.2 Å². The van der Waals surface area contributed by atoms with E-state index in [1.54, 1.807) is 30.3 Å². The number of rotatable bonds is 3. The molecular weight excluding hydrogens is 189 g/mol. The van der Waals surface area contributed by atoms with E-state index in [0.717, 1.165) is 0 Å². The molecule has 0 atom stereocenters. The summed E-state index contributed by atoms with van der Waals surface area (Å²) in [5.74, 6) is -1.42. The summed E-state index contributed by atoms with van der Waals surface area (Å²) in [4.78, 5) is 21.3. The summed E-state index contributed by atoms with van der Waals surface area (Å²) in [6.07, 6.45) is 0. The molecule has 0 spiro atoms. The minimum Gasteiger partial charge on any atom is -0.480 e. The van der Waals surface area contributed by atoms with Crippen molar-refractivity contribution in [1.29, 1.82) is 0 Å². The summed E-state index contributed by atoms with van der Waals surface area (Å²) >= 11 is 0. The van der Waals surface area contributed by atoms with Crippen molar-refractivity contribution < 1.29 is 19.4 Å². The van der Waals surface area contributed by atoms with Crippen molar-refractivity contribution in [3.63, 3.8) is 0 Å². The average Bonchev–Trinajstić information content (AvgIpc) is 2.15. The molecule has 0 saturated carbocycles. The third-order valence-corrected chi connectivity index (χ3v) is 1.44. The SMILES string of the molecule is F.O=C(O)CNC(=O)c1ccccc1. The summed E-state index contributed by atoms with van der Waals surface area (Å²) < 4.78 is 0. The summed E-state index contributed by atoms with van der Waals surface area (Å²) in [6, 6.07) is 8.47. The number of nitrogens with one attached hydrogen (secondary N) is 1. The maximum atomic E-state index is 11.2. The molecule has 0 unspecified atom stereocenters. The van der Waals surface area contributed by atoms with Crippen molar-refractivity contribution >= 4 is 11.9 Å². The van der Waals surface area contributed by atoms with E-state index in [1.165, 1.54) is 0 Å². The average molecular weight is 199 g/mol. The van der Waals surface area contributed by atoms with Gasteiger partial charge in [-0.1, -0.05) is 18.2 Å². The van der Waals surface area contributed by atoms with Crippen molar-refractivity contribution in [1.82, 2.24) is 5.32 Å². The molecule has 1 aromatic carbocycles. The smallest absolute Gasteiger partial charge is 0.322 e. The number of carbonyl (C=O) groups is 2. The van der Waals surface area contributed by atoms with Crippen LogP contribution in [0.15, 0.2) is 30.3 Å². The van der Waals surface area contributed by atoms with Gasteiger partial charge >= 0.3 is 5.97 Å². The normalized spacial score (nSPS) is 8.57. The standard InChI is InChI=1S/C9H9NO3.FH/c11-8(12)6-10-9(13)7-4-2-1-3-5-7;/h1-5H,6H2,(H,10,13)(H,11,12);1H. The molecule has 0 aliphatic rings. The van der Waals surface area contributed by atoms with E-state index in [4.69, 9.17) is 5.11 Å². The second-order valence-corrected chi connectivity index (χ2v) is 2.44. The lowest BCUT2D eigenvalue weighted by Gasteiger charge is -2.00. The van der Waals surface area contributed by atoms with Crippen molar-refractivity contribution in [3.8, 4) is 0 Å². The Labute approximate surface area is 79.9 Å². The van der Waals surface area contributed by atoms with Gasteiger partial charge in [0, 0.05) is 5.56 Å². The van der Waals surface area contributed by atoms with E-state index in [9.17, 15) is 9.59 Å². The molecule has 4 nitrogen and oxygen atoms in total. The topological polar surface area (TPSA) is 66.4 Å². The molecule has 1 amide bonds. The van der Waals surface area contributed by atoms with Crippen LogP contribution in [0.3, 0.4) is 0 Å². The zero-order valence-corrected chi connectivity index (χ0v) is 7.27. The molecule has 0 bridgehead atoms. The molecule has 0 saturated heterocycles. The Morgan fingerprint density at radius 1 is 1.21 bits per heavy atom. The molecular formula is C9H10FNO3. The highest BCUT2D eigenvalue weighted by molar-refractivity contribution is 5.95. The van der Waals surface area contributed by atoms with Crippen LogP contribution in [0, 0.1) is 0 Å². The number of carboxylic acids is 1. The number of halogens is 1. The summed E-state index contributed by atoms with van der Waals surface area (Å²) in [5.41, 5.74) is 0.462. The van der Waals surface area contributed by atoms with Gasteiger partial charge in [-0.25, -0.2) is 0 Å². The highest BCUT2D eigenvalue weighted by Crippen LogP contribution is 1.96. The van der Waals surface area contributed by atoms with E-state index in [2.05, 4.69) is 5.32 Å². The lowest BCUT2D eigenvalue weighted by atomic mass is 10.2. The van der Waals surface area contributed by atoms with Crippen LogP contribution in [0.4, 0.5) is 4.70 Å². The van der Waals surface area contributed by atoms with Crippen LogP contribution in [0.25, 0.3) is 0 Å². The molecule has 0 aliphatic carbocycles. The molecule has 76 valence electrons. The summed E-state index contributed by atoms with van der Waals surface area (Å²) in [7, 11) is 0. The number of hydrogen-bond donors (Lipinski definition) is 2. The van der Waals surface area contributed by atoms with Gasteiger partial charge in [-0.15, -0.1) is 0 Å². The summed E-state index contributed by atoms with van der Waals surface area (Å²) in [5, 5.41) is 10.6. The molecule has 0 radical (unpaired) electrons. The highest BCUT2D eigenvalue weighted by Gasteiger charge is 2.04. The molecule has 0 aliphatic heterocycles. The Hall–Kier alpha value is -1.91. The van der Waals surface area contributed by atoms with Crippen molar-refractivity contribution in [2.24, 2.45) is 0 Å². The van der Waals surface area contributed by atoms with Crippen LogP contribution < -0.4 is 5.32 Å².